The average Bonchev–Trinajstić information content (AvgIpc) is 1.61. The van der Waals surface area contributed by atoms with Crippen LogP contribution in [0.1, 0.15) is 6.42 Å². The maximum atomic E-state index is 10.1. The van der Waals surface area contributed by atoms with Crippen LogP contribution in [0.5, 0.6) is 0 Å². The summed E-state index contributed by atoms with van der Waals surface area (Å²) in [7, 11) is 0. The van der Waals surface area contributed by atoms with Gasteiger partial charge in [-0.25, -0.2) is 4.31 Å². The summed E-state index contributed by atoms with van der Waals surface area (Å²) in [6.45, 7) is 0.486. The Balaban J connectivity index is 2.44. The largest absolute Gasteiger partial charge is 0.760 e. The molecule has 9 heavy (non-hydrogen) atoms. The molecule has 1 heterocycles. The van der Waals surface area contributed by atoms with E-state index in [-0.39, 0.29) is 6.04 Å². The van der Waals surface area contributed by atoms with Crippen molar-refractivity contribution in [3.05, 3.63) is 0 Å². The van der Waals surface area contributed by atoms with E-state index in [0.29, 0.717) is 19.3 Å². The lowest BCUT2D eigenvalue weighted by molar-refractivity contribution is -0.113. The van der Waals surface area contributed by atoms with Gasteiger partial charge in [0.2, 0.25) is 0 Å². The van der Waals surface area contributed by atoms with E-state index in [1.807, 2.05) is 0 Å². The number of hydrogen-bond acceptors (Lipinski definition) is 3. The van der Waals surface area contributed by atoms with Crippen LogP contribution in [0.3, 0.4) is 0 Å². The Morgan fingerprint density at radius 1 is 1.78 bits per heavy atom. The van der Waals surface area contributed by atoms with Gasteiger partial charge in [0.05, 0.1) is 6.04 Å². The first-order valence-corrected chi connectivity index (χ1v) is 3.60. The fourth-order valence-electron chi connectivity index (χ4n) is 0.705. The SMILES string of the molecule is O=CC1CCN1S(=O)[O-]. The maximum absolute atomic E-state index is 10.1. The summed E-state index contributed by atoms with van der Waals surface area (Å²) < 4.78 is 21.4. The van der Waals surface area contributed by atoms with Crippen molar-refractivity contribution in [2.75, 3.05) is 6.54 Å². The molecule has 1 saturated heterocycles. The highest BCUT2D eigenvalue weighted by Gasteiger charge is 2.27. The first kappa shape index (κ1) is 6.85. The quantitative estimate of drug-likeness (QED) is 0.375. The van der Waals surface area contributed by atoms with Gasteiger partial charge in [0.1, 0.15) is 6.29 Å². The number of rotatable bonds is 2. The normalized spacial score (nSPS) is 31.0. The van der Waals surface area contributed by atoms with Gasteiger partial charge < -0.3 is 9.35 Å². The molecule has 0 spiro atoms. The van der Waals surface area contributed by atoms with Crippen LogP contribution >= 0.6 is 0 Å². The van der Waals surface area contributed by atoms with E-state index in [0.717, 1.165) is 4.31 Å². The van der Waals surface area contributed by atoms with E-state index in [4.69, 9.17) is 0 Å². The van der Waals surface area contributed by atoms with Gasteiger partial charge in [0.15, 0.2) is 0 Å². The predicted molar refractivity (Wildman–Crippen MR) is 30.1 cm³/mol. The Hall–Kier alpha value is -0.260. The van der Waals surface area contributed by atoms with Crippen molar-refractivity contribution in [1.82, 2.24) is 4.31 Å². The molecule has 5 heteroatoms. The van der Waals surface area contributed by atoms with Gasteiger partial charge in [0.25, 0.3) is 0 Å². The average molecular weight is 148 g/mol. The monoisotopic (exact) mass is 148 g/mol. The lowest BCUT2D eigenvalue weighted by atomic mass is 10.1. The Morgan fingerprint density at radius 2 is 2.44 bits per heavy atom. The molecule has 4 nitrogen and oxygen atoms in total. The maximum Gasteiger partial charge on any atom is 0.138 e. The topological polar surface area (TPSA) is 60.4 Å². The van der Waals surface area contributed by atoms with Crippen molar-refractivity contribution in [2.24, 2.45) is 0 Å². The zero-order chi connectivity index (χ0) is 6.85. The summed E-state index contributed by atoms with van der Waals surface area (Å²) in [6, 6.07) is -0.386. The number of aldehydes is 1. The van der Waals surface area contributed by atoms with Crippen molar-refractivity contribution >= 4 is 17.6 Å². The molecular weight excluding hydrogens is 142 g/mol. The highest BCUT2D eigenvalue weighted by atomic mass is 32.2. The van der Waals surface area contributed by atoms with Crippen LogP contribution in [0.2, 0.25) is 0 Å². The third kappa shape index (κ3) is 1.17. The molecule has 1 aliphatic heterocycles. The zero-order valence-corrected chi connectivity index (χ0v) is 5.47. The number of carbonyl (C=O) groups is 1. The molecule has 0 N–H and O–H groups in total. The summed E-state index contributed by atoms with van der Waals surface area (Å²) >= 11 is -2.20. The van der Waals surface area contributed by atoms with Gasteiger partial charge in [-0.15, -0.1) is 0 Å². The minimum Gasteiger partial charge on any atom is -0.760 e. The molecule has 0 aromatic heterocycles. The van der Waals surface area contributed by atoms with E-state index < -0.39 is 11.3 Å². The number of nitrogens with zero attached hydrogens (tertiary/aromatic N) is 1. The minimum absolute atomic E-state index is 0.386. The highest BCUT2D eigenvalue weighted by Crippen LogP contribution is 2.15. The van der Waals surface area contributed by atoms with Crippen molar-refractivity contribution in [1.29, 1.82) is 0 Å². The third-order valence-corrected chi connectivity index (χ3v) is 2.20. The molecule has 0 bridgehead atoms. The van der Waals surface area contributed by atoms with Gasteiger partial charge >= 0.3 is 0 Å². The van der Waals surface area contributed by atoms with Crippen molar-refractivity contribution < 1.29 is 13.6 Å². The van der Waals surface area contributed by atoms with E-state index in [9.17, 15) is 13.6 Å². The lowest BCUT2D eigenvalue weighted by Crippen LogP contribution is -2.49. The summed E-state index contributed by atoms with van der Waals surface area (Å²) in [5.41, 5.74) is 0. The van der Waals surface area contributed by atoms with E-state index in [2.05, 4.69) is 0 Å². The van der Waals surface area contributed by atoms with Crippen molar-refractivity contribution in [3.8, 4) is 0 Å². The third-order valence-electron chi connectivity index (χ3n) is 1.36. The minimum atomic E-state index is -2.20. The van der Waals surface area contributed by atoms with Gasteiger partial charge in [-0.1, -0.05) is 0 Å². The second-order valence-corrected chi connectivity index (χ2v) is 2.75. The van der Waals surface area contributed by atoms with Crippen LogP contribution in [0.4, 0.5) is 0 Å². The second kappa shape index (κ2) is 2.55. The van der Waals surface area contributed by atoms with Crippen LogP contribution < -0.4 is 0 Å². The van der Waals surface area contributed by atoms with Crippen molar-refractivity contribution in [2.45, 2.75) is 12.5 Å². The van der Waals surface area contributed by atoms with Crippen LogP contribution in [-0.2, 0) is 16.1 Å². The predicted octanol–water partition coefficient (Wildman–Crippen LogP) is -0.946. The fourth-order valence-corrected chi connectivity index (χ4v) is 1.34. The lowest BCUT2D eigenvalue weighted by Gasteiger charge is -2.37. The van der Waals surface area contributed by atoms with Crippen LogP contribution in [0.15, 0.2) is 0 Å². The Labute approximate surface area is 55.3 Å². The molecule has 0 aromatic rings. The number of hydrogen-bond donors (Lipinski definition) is 0. The summed E-state index contributed by atoms with van der Waals surface area (Å²) in [4.78, 5) is 9.99. The Bertz CT molecular complexity index is 149. The second-order valence-electron chi connectivity index (χ2n) is 1.85. The molecule has 52 valence electrons. The smallest absolute Gasteiger partial charge is 0.138 e. The summed E-state index contributed by atoms with van der Waals surface area (Å²) in [5, 5.41) is 0. The molecule has 0 aliphatic carbocycles. The van der Waals surface area contributed by atoms with Crippen LogP contribution in [-0.4, -0.2) is 31.9 Å². The van der Waals surface area contributed by atoms with Gasteiger partial charge in [-0.05, 0) is 6.42 Å². The molecule has 2 atom stereocenters. The molecule has 0 saturated carbocycles. The van der Waals surface area contributed by atoms with Gasteiger partial charge in [-0.2, -0.15) is 0 Å². The Kier molecular flexibility index (Phi) is 1.94. The summed E-state index contributed by atoms with van der Waals surface area (Å²) in [6.07, 6.45) is 1.32. The summed E-state index contributed by atoms with van der Waals surface area (Å²) in [5.74, 6) is 0. The molecule has 1 rings (SSSR count). The molecule has 0 amide bonds. The first-order chi connectivity index (χ1) is 4.25. The Morgan fingerprint density at radius 3 is 2.56 bits per heavy atom. The van der Waals surface area contributed by atoms with E-state index >= 15 is 0 Å². The van der Waals surface area contributed by atoms with Crippen LogP contribution in [0.25, 0.3) is 0 Å². The standard InChI is InChI=1S/C4H7NO3S/c6-3-4-1-2-5(4)9(7)8/h3-4H,1-2H2,(H,7,8)/p-1. The van der Waals surface area contributed by atoms with E-state index in [1.54, 1.807) is 0 Å². The number of carbonyl (C=O) groups excluding carboxylic acids is 1. The molecular formula is C4H6NO3S-. The zero-order valence-electron chi connectivity index (χ0n) is 4.65. The molecule has 0 radical (unpaired) electrons. The highest BCUT2D eigenvalue weighted by molar-refractivity contribution is 7.76. The molecule has 1 fully saturated rings. The van der Waals surface area contributed by atoms with Crippen molar-refractivity contribution in [3.63, 3.8) is 0 Å². The molecule has 0 aromatic carbocycles. The van der Waals surface area contributed by atoms with Crippen LogP contribution in [0, 0.1) is 0 Å². The van der Waals surface area contributed by atoms with E-state index in [1.165, 1.54) is 0 Å². The molecule has 1 aliphatic rings. The van der Waals surface area contributed by atoms with Gasteiger partial charge in [-0.3, -0.25) is 4.21 Å². The fraction of sp³-hybridized carbons (Fsp3) is 0.750. The molecule has 2 unspecified atom stereocenters. The first-order valence-electron chi connectivity index (χ1n) is 2.57. The van der Waals surface area contributed by atoms with Gasteiger partial charge in [0, 0.05) is 17.8 Å².